The second-order valence-electron chi connectivity index (χ2n) is 6.78. The molecule has 4 rings (SSSR count). The van der Waals surface area contributed by atoms with Crippen LogP contribution in [0.15, 0.2) is 82.0 Å². The third-order valence-corrected chi connectivity index (χ3v) is 4.68. The van der Waals surface area contributed by atoms with Crippen molar-refractivity contribution in [1.82, 2.24) is 0 Å². The summed E-state index contributed by atoms with van der Waals surface area (Å²) in [7, 11) is 0. The molecular formula is C24H19NO3. The first-order chi connectivity index (χ1) is 13.5. The van der Waals surface area contributed by atoms with Crippen LogP contribution >= 0.6 is 0 Å². The fraction of sp³-hybridized carbons (Fsp3) is 0.0833. The van der Waals surface area contributed by atoms with Crippen molar-refractivity contribution in [3.05, 3.63) is 99.7 Å². The Morgan fingerprint density at radius 2 is 1.64 bits per heavy atom. The number of hydrogen-bond acceptors (Lipinski definition) is 3. The molecule has 0 aliphatic rings. The Morgan fingerprint density at radius 1 is 0.893 bits per heavy atom. The van der Waals surface area contributed by atoms with E-state index < -0.39 is 0 Å². The molecule has 0 spiro atoms. The number of anilines is 1. The van der Waals surface area contributed by atoms with Crippen LogP contribution in [0.3, 0.4) is 0 Å². The first-order valence-electron chi connectivity index (χ1n) is 9.04. The van der Waals surface area contributed by atoms with Crippen molar-refractivity contribution in [2.45, 2.75) is 13.8 Å². The average molecular weight is 369 g/mol. The molecule has 0 atom stereocenters. The fourth-order valence-corrected chi connectivity index (χ4v) is 3.27. The van der Waals surface area contributed by atoms with E-state index in [0.717, 1.165) is 11.1 Å². The molecule has 0 radical (unpaired) electrons. The first kappa shape index (κ1) is 17.7. The van der Waals surface area contributed by atoms with Gasteiger partial charge in [-0.05, 0) is 43.2 Å². The van der Waals surface area contributed by atoms with Gasteiger partial charge in [0.1, 0.15) is 5.58 Å². The second-order valence-corrected chi connectivity index (χ2v) is 6.78. The lowest BCUT2D eigenvalue weighted by atomic mass is 10.0. The van der Waals surface area contributed by atoms with E-state index in [0.29, 0.717) is 27.7 Å². The van der Waals surface area contributed by atoms with Crippen LogP contribution in [0.25, 0.3) is 22.1 Å². The van der Waals surface area contributed by atoms with Crippen LogP contribution in [-0.4, -0.2) is 5.91 Å². The van der Waals surface area contributed by atoms with E-state index in [1.807, 2.05) is 56.3 Å². The van der Waals surface area contributed by atoms with E-state index in [1.54, 1.807) is 30.3 Å². The van der Waals surface area contributed by atoms with E-state index in [-0.39, 0.29) is 17.2 Å². The zero-order valence-electron chi connectivity index (χ0n) is 15.7. The minimum atomic E-state index is -0.328. The molecule has 28 heavy (non-hydrogen) atoms. The van der Waals surface area contributed by atoms with Gasteiger partial charge >= 0.3 is 0 Å². The molecule has 4 aromatic rings. The number of benzene rings is 3. The zero-order valence-corrected chi connectivity index (χ0v) is 15.7. The lowest BCUT2D eigenvalue weighted by Gasteiger charge is -2.13. The highest BCUT2D eigenvalue weighted by Gasteiger charge is 2.19. The van der Waals surface area contributed by atoms with Gasteiger partial charge in [0.25, 0.3) is 5.91 Å². The third-order valence-electron chi connectivity index (χ3n) is 4.68. The SMILES string of the molecule is Cc1cccc(-c2c(NC(=O)c3ccccc3)oc3c(C)cccc3c2=O)c1. The molecule has 1 N–H and O–H groups in total. The van der Waals surface area contributed by atoms with Crippen molar-refractivity contribution in [3.8, 4) is 11.1 Å². The van der Waals surface area contributed by atoms with Gasteiger partial charge in [-0.3, -0.25) is 14.9 Å². The number of carbonyl (C=O) groups excluding carboxylic acids is 1. The van der Waals surface area contributed by atoms with Gasteiger partial charge in [0.15, 0.2) is 0 Å². The second kappa shape index (κ2) is 7.16. The quantitative estimate of drug-likeness (QED) is 0.531. The lowest BCUT2D eigenvalue weighted by molar-refractivity contribution is 0.102. The Kier molecular flexibility index (Phi) is 4.53. The van der Waals surface area contributed by atoms with Gasteiger partial charge in [0, 0.05) is 5.56 Å². The molecule has 138 valence electrons. The number of hydrogen-bond donors (Lipinski definition) is 1. The molecule has 0 fully saturated rings. The number of nitrogens with one attached hydrogen (secondary N) is 1. The standard InChI is InChI=1S/C24H19NO3/c1-15-8-6-12-18(14-15)20-21(26)19-13-7-9-16(2)22(19)28-24(20)25-23(27)17-10-4-3-5-11-17/h3-14H,1-2H3,(H,25,27). The maximum absolute atomic E-state index is 13.3. The largest absolute Gasteiger partial charge is 0.439 e. The Balaban J connectivity index is 1.95. The summed E-state index contributed by atoms with van der Waals surface area (Å²) < 4.78 is 6.06. The molecule has 1 amide bonds. The highest BCUT2D eigenvalue weighted by Crippen LogP contribution is 2.30. The molecule has 0 saturated carbocycles. The van der Waals surface area contributed by atoms with Crippen molar-refractivity contribution >= 4 is 22.8 Å². The molecule has 4 nitrogen and oxygen atoms in total. The van der Waals surface area contributed by atoms with E-state index in [2.05, 4.69) is 5.32 Å². The van der Waals surface area contributed by atoms with E-state index >= 15 is 0 Å². The van der Waals surface area contributed by atoms with Crippen molar-refractivity contribution in [2.24, 2.45) is 0 Å². The van der Waals surface area contributed by atoms with Gasteiger partial charge in [-0.1, -0.05) is 60.2 Å². The van der Waals surface area contributed by atoms with E-state index in [1.165, 1.54) is 0 Å². The fourth-order valence-electron chi connectivity index (χ4n) is 3.27. The summed E-state index contributed by atoms with van der Waals surface area (Å²) >= 11 is 0. The summed E-state index contributed by atoms with van der Waals surface area (Å²) in [6.07, 6.45) is 0. The van der Waals surface area contributed by atoms with Crippen LogP contribution in [-0.2, 0) is 0 Å². The number of carbonyl (C=O) groups is 1. The Labute approximate surface area is 162 Å². The van der Waals surface area contributed by atoms with Crippen molar-refractivity contribution in [3.63, 3.8) is 0 Å². The maximum atomic E-state index is 13.3. The highest BCUT2D eigenvalue weighted by atomic mass is 16.4. The molecule has 0 aliphatic heterocycles. The smallest absolute Gasteiger partial charge is 0.257 e. The van der Waals surface area contributed by atoms with Crippen molar-refractivity contribution < 1.29 is 9.21 Å². The number of rotatable bonds is 3. The van der Waals surface area contributed by atoms with Crippen LogP contribution in [0.5, 0.6) is 0 Å². The Morgan fingerprint density at radius 3 is 2.39 bits per heavy atom. The minimum absolute atomic E-state index is 0.159. The van der Waals surface area contributed by atoms with Crippen LogP contribution in [0.4, 0.5) is 5.88 Å². The highest BCUT2D eigenvalue weighted by molar-refractivity contribution is 6.06. The Bertz CT molecular complexity index is 1240. The topological polar surface area (TPSA) is 59.3 Å². The monoisotopic (exact) mass is 369 g/mol. The normalized spacial score (nSPS) is 10.8. The van der Waals surface area contributed by atoms with Crippen molar-refractivity contribution in [2.75, 3.05) is 5.32 Å². The summed E-state index contributed by atoms with van der Waals surface area (Å²) in [5.41, 5.74) is 3.71. The summed E-state index contributed by atoms with van der Waals surface area (Å²) in [6, 6.07) is 21.9. The molecule has 4 heteroatoms. The first-order valence-corrected chi connectivity index (χ1v) is 9.04. The Hall–Kier alpha value is -3.66. The molecule has 0 unspecified atom stereocenters. The number of aryl methyl sites for hydroxylation is 2. The number of amides is 1. The maximum Gasteiger partial charge on any atom is 0.257 e. The summed E-state index contributed by atoms with van der Waals surface area (Å²) in [5, 5.41) is 3.29. The summed E-state index contributed by atoms with van der Waals surface area (Å²) in [6.45, 7) is 3.83. The molecule has 0 aliphatic carbocycles. The van der Waals surface area contributed by atoms with Crippen molar-refractivity contribution in [1.29, 1.82) is 0 Å². The van der Waals surface area contributed by atoms with Crippen LogP contribution in [0, 0.1) is 13.8 Å². The van der Waals surface area contributed by atoms with E-state index in [4.69, 9.17) is 4.42 Å². The van der Waals surface area contributed by atoms with Crippen LogP contribution in [0.1, 0.15) is 21.5 Å². The van der Waals surface area contributed by atoms with E-state index in [9.17, 15) is 9.59 Å². The molecule has 1 heterocycles. The van der Waals surface area contributed by atoms with Gasteiger partial charge in [-0.15, -0.1) is 0 Å². The molecule has 1 aromatic heterocycles. The summed E-state index contributed by atoms with van der Waals surface area (Å²) in [4.78, 5) is 26.0. The predicted octanol–water partition coefficient (Wildman–Crippen LogP) is 5.33. The third kappa shape index (κ3) is 3.21. The van der Waals surface area contributed by atoms with Gasteiger partial charge in [0.05, 0.1) is 10.9 Å². The minimum Gasteiger partial charge on any atom is -0.439 e. The predicted molar refractivity (Wildman–Crippen MR) is 112 cm³/mol. The van der Waals surface area contributed by atoms with Gasteiger partial charge in [-0.25, -0.2) is 0 Å². The number of fused-ring (bicyclic) bond motifs is 1. The van der Waals surface area contributed by atoms with Crippen LogP contribution < -0.4 is 10.7 Å². The molecule has 0 bridgehead atoms. The van der Waals surface area contributed by atoms with Gasteiger partial charge in [-0.2, -0.15) is 0 Å². The molecule has 0 saturated heterocycles. The molecule has 3 aromatic carbocycles. The molecular weight excluding hydrogens is 350 g/mol. The zero-order chi connectivity index (χ0) is 19.7. The number of para-hydroxylation sites is 1. The van der Waals surface area contributed by atoms with Gasteiger partial charge in [0.2, 0.25) is 11.3 Å². The summed E-state index contributed by atoms with van der Waals surface area (Å²) in [5.74, 6) is -0.170. The van der Waals surface area contributed by atoms with Crippen LogP contribution in [0.2, 0.25) is 0 Å². The lowest BCUT2D eigenvalue weighted by Crippen LogP contribution is -2.16. The van der Waals surface area contributed by atoms with Gasteiger partial charge < -0.3 is 4.42 Å². The average Bonchev–Trinajstić information content (AvgIpc) is 2.70.